The van der Waals surface area contributed by atoms with Gasteiger partial charge in [-0.1, -0.05) is 35.4 Å². The number of hydrogen-bond donors (Lipinski definition) is 2. The highest BCUT2D eigenvalue weighted by atomic mass is 16.5. The molecule has 0 aliphatic heterocycles. The van der Waals surface area contributed by atoms with Crippen LogP contribution in [0.25, 0.3) is 0 Å². The van der Waals surface area contributed by atoms with Crippen LogP contribution in [-0.2, 0) is 14.3 Å². The number of nitrogens with one attached hydrogen (secondary N) is 2. The molecule has 154 valence electrons. The number of rotatable bonds is 9. The van der Waals surface area contributed by atoms with Crippen LogP contribution in [0.1, 0.15) is 27.0 Å². The molecule has 0 heterocycles. The van der Waals surface area contributed by atoms with Gasteiger partial charge in [-0.15, -0.1) is 0 Å². The van der Waals surface area contributed by atoms with E-state index in [0.717, 1.165) is 22.4 Å². The maximum Gasteiger partial charge on any atom is 0.325 e. The minimum Gasteiger partial charge on any atom is -0.491 e. The Bertz CT molecular complexity index is 879. The van der Waals surface area contributed by atoms with Gasteiger partial charge in [-0.2, -0.15) is 0 Å². The number of ether oxygens (including phenoxy) is 2. The fraction of sp³-hybridized carbons (Fsp3) is 0.318. The standard InChI is InChI=1S/C22H26N2O5/c1-15-5-4-6-18(12-15)22(27)24-13-21(26)29-14-20(25)23-9-10-28-19-8-7-16(2)11-17(19)3/h4-8,11-12H,9-10,13-14H2,1-3H3,(H,23,25)(H,24,27). The highest BCUT2D eigenvalue weighted by molar-refractivity contribution is 5.96. The van der Waals surface area contributed by atoms with Crippen molar-refractivity contribution < 1.29 is 23.9 Å². The van der Waals surface area contributed by atoms with Gasteiger partial charge in [0.25, 0.3) is 11.8 Å². The molecular formula is C22H26N2O5. The van der Waals surface area contributed by atoms with Crippen molar-refractivity contribution in [2.75, 3.05) is 26.3 Å². The summed E-state index contributed by atoms with van der Waals surface area (Å²) < 4.78 is 10.5. The second-order valence-electron chi connectivity index (χ2n) is 6.68. The fourth-order valence-electron chi connectivity index (χ4n) is 2.60. The van der Waals surface area contributed by atoms with Crippen LogP contribution < -0.4 is 15.4 Å². The predicted molar refractivity (Wildman–Crippen MR) is 109 cm³/mol. The highest BCUT2D eigenvalue weighted by Crippen LogP contribution is 2.18. The van der Waals surface area contributed by atoms with Gasteiger partial charge in [0, 0.05) is 5.56 Å². The number of esters is 1. The number of amides is 2. The molecule has 2 aromatic carbocycles. The van der Waals surface area contributed by atoms with E-state index in [0.29, 0.717) is 12.2 Å². The molecule has 2 rings (SSSR count). The van der Waals surface area contributed by atoms with E-state index in [1.165, 1.54) is 0 Å². The summed E-state index contributed by atoms with van der Waals surface area (Å²) in [4.78, 5) is 35.4. The zero-order chi connectivity index (χ0) is 21.2. The molecule has 0 aromatic heterocycles. The van der Waals surface area contributed by atoms with Gasteiger partial charge in [0.15, 0.2) is 6.61 Å². The van der Waals surface area contributed by atoms with Gasteiger partial charge in [-0.3, -0.25) is 14.4 Å². The Morgan fingerprint density at radius 1 is 0.931 bits per heavy atom. The largest absolute Gasteiger partial charge is 0.491 e. The first-order valence-electron chi connectivity index (χ1n) is 9.32. The van der Waals surface area contributed by atoms with Crippen LogP contribution in [-0.4, -0.2) is 44.1 Å². The van der Waals surface area contributed by atoms with Crippen LogP contribution >= 0.6 is 0 Å². The van der Waals surface area contributed by atoms with Gasteiger partial charge in [0.05, 0.1) is 6.54 Å². The Morgan fingerprint density at radius 2 is 1.69 bits per heavy atom. The molecule has 7 heteroatoms. The molecule has 29 heavy (non-hydrogen) atoms. The van der Waals surface area contributed by atoms with Crippen molar-refractivity contribution in [1.82, 2.24) is 10.6 Å². The van der Waals surface area contributed by atoms with Crippen LogP contribution in [0.2, 0.25) is 0 Å². The summed E-state index contributed by atoms with van der Waals surface area (Å²) in [6, 6.07) is 12.9. The van der Waals surface area contributed by atoms with E-state index in [9.17, 15) is 14.4 Å². The molecule has 7 nitrogen and oxygen atoms in total. The molecule has 0 saturated heterocycles. The summed E-state index contributed by atoms with van der Waals surface area (Å²) in [6.45, 7) is 5.70. The zero-order valence-corrected chi connectivity index (χ0v) is 16.9. The number of aryl methyl sites for hydroxylation is 3. The first-order valence-corrected chi connectivity index (χ1v) is 9.32. The summed E-state index contributed by atoms with van der Waals surface area (Å²) >= 11 is 0. The molecular weight excluding hydrogens is 372 g/mol. The zero-order valence-electron chi connectivity index (χ0n) is 16.9. The monoisotopic (exact) mass is 398 g/mol. The average molecular weight is 398 g/mol. The molecule has 2 N–H and O–H groups in total. The first-order chi connectivity index (χ1) is 13.8. The summed E-state index contributed by atoms with van der Waals surface area (Å²) in [5.41, 5.74) is 3.58. The van der Waals surface area contributed by atoms with Crippen LogP contribution in [0.15, 0.2) is 42.5 Å². The number of carbonyl (C=O) groups is 3. The van der Waals surface area contributed by atoms with Gasteiger partial charge in [-0.05, 0) is 44.5 Å². The third-order valence-corrected chi connectivity index (χ3v) is 4.05. The van der Waals surface area contributed by atoms with Gasteiger partial charge < -0.3 is 20.1 Å². The predicted octanol–water partition coefficient (Wildman–Crippen LogP) is 2.08. The lowest BCUT2D eigenvalue weighted by Gasteiger charge is -2.11. The van der Waals surface area contributed by atoms with E-state index in [2.05, 4.69) is 10.6 Å². The molecule has 0 fully saturated rings. The van der Waals surface area contributed by atoms with Crippen molar-refractivity contribution in [3.63, 3.8) is 0 Å². The second-order valence-corrected chi connectivity index (χ2v) is 6.68. The molecule has 0 aliphatic rings. The van der Waals surface area contributed by atoms with Crippen molar-refractivity contribution in [1.29, 1.82) is 0 Å². The van der Waals surface area contributed by atoms with Gasteiger partial charge in [0.2, 0.25) is 0 Å². The molecule has 0 saturated carbocycles. The van der Waals surface area contributed by atoms with E-state index < -0.39 is 18.5 Å². The Morgan fingerprint density at radius 3 is 2.41 bits per heavy atom. The van der Waals surface area contributed by atoms with Crippen molar-refractivity contribution in [2.24, 2.45) is 0 Å². The molecule has 2 aromatic rings. The maximum atomic E-state index is 12.0. The molecule has 0 bridgehead atoms. The van der Waals surface area contributed by atoms with Crippen molar-refractivity contribution in [2.45, 2.75) is 20.8 Å². The van der Waals surface area contributed by atoms with Crippen molar-refractivity contribution >= 4 is 17.8 Å². The lowest BCUT2D eigenvalue weighted by molar-refractivity contribution is -0.147. The lowest BCUT2D eigenvalue weighted by Crippen LogP contribution is -2.35. The summed E-state index contributed by atoms with van der Waals surface area (Å²) in [7, 11) is 0. The van der Waals surface area contributed by atoms with E-state index in [1.54, 1.807) is 18.2 Å². The molecule has 0 unspecified atom stereocenters. The van der Waals surface area contributed by atoms with Crippen molar-refractivity contribution in [3.05, 3.63) is 64.7 Å². The normalized spacial score (nSPS) is 10.2. The van der Waals surface area contributed by atoms with Crippen molar-refractivity contribution in [3.8, 4) is 5.75 Å². The molecule has 0 spiro atoms. The third-order valence-electron chi connectivity index (χ3n) is 4.05. The summed E-state index contributed by atoms with van der Waals surface area (Å²) in [5, 5.41) is 5.07. The average Bonchev–Trinajstić information content (AvgIpc) is 2.69. The van der Waals surface area contributed by atoms with Crippen LogP contribution in [0.3, 0.4) is 0 Å². The molecule has 2 amide bonds. The van der Waals surface area contributed by atoms with Gasteiger partial charge >= 0.3 is 5.97 Å². The summed E-state index contributed by atoms with van der Waals surface area (Å²) in [6.07, 6.45) is 0. The summed E-state index contributed by atoms with van der Waals surface area (Å²) in [5.74, 6) is -0.737. The quantitative estimate of drug-likeness (QED) is 0.498. The Hall–Kier alpha value is -3.35. The maximum absolute atomic E-state index is 12.0. The third kappa shape index (κ3) is 7.65. The molecule has 0 aliphatic carbocycles. The SMILES string of the molecule is Cc1cccc(C(=O)NCC(=O)OCC(=O)NCCOc2ccc(C)cc2C)c1. The first kappa shape index (κ1) is 21.9. The van der Waals surface area contributed by atoms with Gasteiger partial charge in [-0.25, -0.2) is 0 Å². The van der Waals surface area contributed by atoms with E-state index in [1.807, 2.05) is 45.0 Å². The fourth-order valence-corrected chi connectivity index (χ4v) is 2.60. The van der Waals surface area contributed by atoms with Crippen LogP contribution in [0, 0.1) is 20.8 Å². The number of carbonyl (C=O) groups excluding carboxylic acids is 3. The Labute approximate surface area is 170 Å². The van der Waals surface area contributed by atoms with Crippen LogP contribution in [0.4, 0.5) is 0 Å². The number of benzene rings is 2. The number of hydrogen-bond acceptors (Lipinski definition) is 5. The Balaban J connectivity index is 1.60. The van der Waals surface area contributed by atoms with E-state index in [-0.39, 0.29) is 19.0 Å². The van der Waals surface area contributed by atoms with E-state index in [4.69, 9.17) is 9.47 Å². The second kappa shape index (κ2) is 10.8. The lowest BCUT2D eigenvalue weighted by atomic mass is 10.1. The molecule has 0 radical (unpaired) electrons. The smallest absolute Gasteiger partial charge is 0.325 e. The Kier molecular flexibility index (Phi) is 8.21. The van der Waals surface area contributed by atoms with E-state index >= 15 is 0 Å². The highest BCUT2D eigenvalue weighted by Gasteiger charge is 2.11. The van der Waals surface area contributed by atoms with Crippen LogP contribution in [0.5, 0.6) is 5.75 Å². The molecule has 0 atom stereocenters. The minimum atomic E-state index is -0.687. The minimum absolute atomic E-state index is 0.286. The topological polar surface area (TPSA) is 93.7 Å². The van der Waals surface area contributed by atoms with Gasteiger partial charge in [0.1, 0.15) is 18.9 Å².